The maximum atomic E-state index is 13.6. The summed E-state index contributed by atoms with van der Waals surface area (Å²) in [6.45, 7) is 11.5. The smallest absolute Gasteiger partial charge is 0.410 e. The normalized spacial score (nSPS) is 15.8. The van der Waals surface area contributed by atoms with Gasteiger partial charge in [0.15, 0.2) is 0 Å². The Hall–Kier alpha value is -3.36. The zero-order valence-corrected chi connectivity index (χ0v) is 20.4. The average molecular weight is 456 g/mol. The molecule has 9 nitrogen and oxygen atoms in total. The molecule has 1 aromatic carbocycles. The van der Waals surface area contributed by atoms with Crippen molar-refractivity contribution in [2.24, 2.45) is 0 Å². The van der Waals surface area contributed by atoms with Gasteiger partial charge in [-0.3, -0.25) is 14.5 Å². The number of hydrogen-bond acceptors (Lipinski definition) is 6. The van der Waals surface area contributed by atoms with Crippen LogP contribution in [0.3, 0.4) is 0 Å². The lowest BCUT2D eigenvalue weighted by atomic mass is 10.00. The Morgan fingerprint density at radius 1 is 1.18 bits per heavy atom. The van der Waals surface area contributed by atoms with Gasteiger partial charge in [0.1, 0.15) is 5.60 Å². The number of carbonyl (C=O) groups excluding carboxylic acids is 2. The number of amides is 2. The molecule has 9 heteroatoms. The van der Waals surface area contributed by atoms with Gasteiger partial charge in [0.25, 0.3) is 11.5 Å². The van der Waals surface area contributed by atoms with E-state index >= 15 is 0 Å². The van der Waals surface area contributed by atoms with Crippen LogP contribution >= 0.6 is 0 Å². The highest BCUT2D eigenvalue weighted by molar-refractivity contribution is 5.94. The van der Waals surface area contributed by atoms with E-state index in [0.717, 1.165) is 0 Å². The van der Waals surface area contributed by atoms with Crippen molar-refractivity contribution in [3.63, 3.8) is 0 Å². The van der Waals surface area contributed by atoms with E-state index in [1.165, 1.54) is 4.57 Å². The van der Waals surface area contributed by atoms with E-state index in [0.29, 0.717) is 34.9 Å². The van der Waals surface area contributed by atoms with Crippen LogP contribution in [0, 0.1) is 0 Å². The van der Waals surface area contributed by atoms with Crippen LogP contribution in [-0.4, -0.2) is 51.2 Å². The monoisotopic (exact) mass is 455 g/mol. The molecule has 0 radical (unpaired) electrons. The molecule has 2 heterocycles. The minimum Gasteiger partial charge on any atom is -0.444 e. The number of benzene rings is 1. The molecule has 0 spiro atoms. The number of hydrogen-bond donors (Lipinski definition) is 2. The summed E-state index contributed by atoms with van der Waals surface area (Å²) in [4.78, 5) is 44.6. The van der Waals surface area contributed by atoms with Gasteiger partial charge in [-0.25, -0.2) is 14.3 Å². The second-order valence-electron chi connectivity index (χ2n) is 9.59. The molecule has 178 valence electrons. The molecule has 1 aliphatic heterocycles. The first-order valence-corrected chi connectivity index (χ1v) is 11.1. The Kier molecular flexibility index (Phi) is 6.81. The predicted molar refractivity (Wildman–Crippen MR) is 127 cm³/mol. The molecule has 3 rings (SSSR count). The largest absolute Gasteiger partial charge is 0.444 e. The maximum Gasteiger partial charge on any atom is 0.410 e. The molecule has 1 aromatic heterocycles. The fraction of sp³-hybridized carbons (Fsp3) is 0.500. The van der Waals surface area contributed by atoms with Gasteiger partial charge in [0, 0.05) is 36.7 Å². The van der Waals surface area contributed by atoms with Gasteiger partial charge >= 0.3 is 6.09 Å². The standard InChI is InChI=1S/C24H33N5O4/c1-14(2)26-22-27-19-13-28(23(32)33-24(4,5)6)15(3)12-18(19)21(31)29(22)17-10-8-16(9-11-17)20(30)25-7/h8-11,14-15H,12-13H2,1-7H3,(H,25,30)(H,26,27). The molecule has 1 atom stereocenters. The van der Waals surface area contributed by atoms with Crippen molar-refractivity contribution in [2.75, 3.05) is 12.4 Å². The summed E-state index contributed by atoms with van der Waals surface area (Å²) >= 11 is 0. The Morgan fingerprint density at radius 3 is 2.36 bits per heavy atom. The molecule has 0 saturated carbocycles. The van der Waals surface area contributed by atoms with E-state index in [9.17, 15) is 14.4 Å². The Labute approximate surface area is 194 Å². The number of carbonyl (C=O) groups is 2. The van der Waals surface area contributed by atoms with Crippen molar-refractivity contribution in [2.45, 2.75) is 72.2 Å². The third kappa shape index (κ3) is 5.35. The zero-order valence-electron chi connectivity index (χ0n) is 20.4. The quantitative estimate of drug-likeness (QED) is 0.734. The van der Waals surface area contributed by atoms with Gasteiger partial charge in [0.2, 0.25) is 5.95 Å². The number of rotatable bonds is 4. The Bertz CT molecular complexity index is 1100. The number of anilines is 1. The van der Waals surface area contributed by atoms with Crippen molar-refractivity contribution in [3.05, 3.63) is 51.4 Å². The maximum absolute atomic E-state index is 13.6. The highest BCUT2D eigenvalue weighted by Gasteiger charge is 2.33. The Morgan fingerprint density at radius 2 is 1.82 bits per heavy atom. The lowest BCUT2D eigenvalue weighted by Crippen LogP contribution is -2.47. The van der Waals surface area contributed by atoms with E-state index < -0.39 is 11.7 Å². The summed E-state index contributed by atoms with van der Waals surface area (Å²) in [5.41, 5.74) is 1.44. The van der Waals surface area contributed by atoms with Crippen LogP contribution in [0.15, 0.2) is 29.1 Å². The molecule has 2 N–H and O–H groups in total. The van der Waals surface area contributed by atoms with E-state index in [1.807, 2.05) is 41.5 Å². The topological polar surface area (TPSA) is 106 Å². The van der Waals surface area contributed by atoms with Crippen LogP contribution in [0.2, 0.25) is 0 Å². The van der Waals surface area contributed by atoms with Gasteiger partial charge in [0.05, 0.1) is 17.9 Å². The van der Waals surface area contributed by atoms with Crippen LogP contribution in [0.5, 0.6) is 0 Å². The van der Waals surface area contributed by atoms with Crippen LogP contribution in [0.1, 0.15) is 63.2 Å². The molecule has 0 bridgehead atoms. The van der Waals surface area contributed by atoms with E-state index in [1.54, 1.807) is 36.2 Å². The summed E-state index contributed by atoms with van der Waals surface area (Å²) in [6, 6.07) is 6.61. The van der Waals surface area contributed by atoms with Crippen molar-refractivity contribution >= 4 is 17.9 Å². The number of aromatic nitrogens is 2. The highest BCUT2D eigenvalue weighted by atomic mass is 16.6. The van der Waals surface area contributed by atoms with Gasteiger partial charge in [-0.1, -0.05) is 0 Å². The molecule has 1 unspecified atom stereocenters. The summed E-state index contributed by atoms with van der Waals surface area (Å²) in [7, 11) is 1.57. The van der Waals surface area contributed by atoms with Crippen LogP contribution in [-0.2, 0) is 17.7 Å². The van der Waals surface area contributed by atoms with Crippen molar-refractivity contribution in [1.29, 1.82) is 0 Å². The summed E-state index contributed by atoms with van der Waals surface area (Å²) in [6.07, 6.45) is -0.0478. The molecule has 0 fully saturated rings. The number of nitrogens with zero attached hydrogens (tertiary/aromatic N) is 3. The first-order chi connectivity index (χ1) is 15.4. The van der Waals surface area contributed by atoms with Gasteiger partial charge in [-0.05, 0) is 65.8 Å². The predicted octanol–water partition coefficient (Wildman–Crippen LogP) is 3.09. The first kappa shape index (κ1) is 24.3. The van der Waals surface area contributed by atoms with Crippen LogP contribution in [0.4, 0.5) is 10.7 Å². The third-order valence-corrected chi connectivity index (χ3v) is 5.27. The molecule has 2 amide bonds. The summed E-state index contributed by atoms with van der Waals surface area (Å²) < 4.78 is 7.08. The first-order valence-electron chi connectivity index (χ1n) is 11.1. The second-order valence-corrected chi connectivity index (χ2v) is 9.59. The number of ether oxygens (including phenoxy) is 1. The molecular formula is C24H33N5O4. The molecule has 33 heavy (non-hydrogen) atoms. The fourth-order valence-corrected chi connectivity index (χ4v) is 3.72. The van der Waals surface area contributed by atoms with Crippen molar-refractivity contribution < 1.29 is 14.3 Å². The van der Waals surface area contributed by atoms with Gasteiger partial charge < -0.3 is 15.4 Å². The van der Waals surface area contributed by atoms with Crippen molar-refractivity contribution in [3.8, 4) is 5.69 Å². The van der Waals surface area contributed by atoms with E-state index in [2.05, 4.69) is 10.6 Å². The fourth-order valence-electron chi connectivity index (χ4n) is 3.72. The average Bonchev–Trinajstić information content (AvgIpc) is 2.72. The minimum absolute atomic E-state index is 0.0239. The molecule has 1 aliphatic rings. The molecule has 0 aliphatic carbocycles. The SMILES string of the molecule is CNC(=O)c1ccc(-n2c(NC(C)C)nc3c(c2=O)CC(C)N(C(=O)OC(C)(C)C)C3)cc1. The lowest BCUT2D eigenvalue weighted by Gasteiger charge is -2.35. The van der Waals surface area contributed by atoms with Crippen LogP contribution in [0.25, 0.3) is 5.69 Å². The second kappa shape index (κ2) is 9.25. The third-order valence-electron chi connectivity index (χ3n) is 5.27. The van der Waals surface area contributed by atoms with E-state index in [4.69, 9.17) is 9.72 Å². The summed E-state index contributed by atoms with van der Waals surface area (Å²) in [5.74, 6) is 0.189. The lowest BCUT2D eigenvalue weighted by molar-refractivity contribution is 0.0133. The van der Waals surface area contributed by atoms with Crippen LogP contribution < -0.4 is 16.2 Å². The highest BCUT2D eigenvalue weighted by Crippen LogP contribution is 2.25. The summed E-state index contributed by atoms with van der Waals surface area (Å²) in [5, 5.41) is 5.83. The minimum atomic E-state index is -0.612. The van der Waals surface area contributed by atoms with Crippen molar-refractivity contribution in [1.82, 2.24) is 19.8 Å². The Balaban J connectivity index is 2.06. The molecule has 0 saturated heterocycles. The number of fused-ring (bicyclic) bond motifs is 1. The van der Waals surface area contributed by atoms with Gasteiger partial charge in [-0.2, -0.15) is 0 Å². The zero-order chi connectivity index (χ0) is 24.5. The van der Waals surface area contributed by atoms with E-state index in [-0.39, 0.29) is 30.1 Å². The molecule has 2 aromatic rings. The molecular weight excluding hydrogens is 422 g/mol. The number of nitrogens with one attached hydrogen (secondary N) is 2. The van der Waals surface area contributed by atoms with Gasteiger partial charge in [-0.15, -0.1) is 0 Å².